The third-order valence-corrected chi connectivity index (χ3v) is 4.48. The molecule has 2 heterocycles. The number of fused-ring (bicyclic) bond motifs is 1. The lowest BCUT2D eigenvalue weighted by Crippen LogP contribution is -2.16. The summed E-state index contributed by atoms with van der Waals surface area (Å²) in [7, 11) is 1.44. The second-order valence-electron chi connectivity index (χ2n) is 4.36. The van der Waals surface area contributed by atoms with Crippen LogP contribution in [0.5, 0.6) is 5.75 Å². The number of benzene rings is 1. The number of hydrogen-bond donors (Lipinski definition) is 0. The van der Waals surface area contributed by atoms with Gasteiger partial charge in [-0.2, -0.15) is 0 Å². The van der Waals surface area contributed by atoms with Crippen molar-refractivity contribution in [3.63, 3.8) is 0 Å². The molecule has 0 aliphatic carbocycles. The van der Waals surface area contributed by atoms with Gasteiger partial charge in [0.05, 0.1) is 7.11 Å². The summed E-state index contributed by atoms with van der Waals surface area (Å²) >= 11 is 13.6. The minimum Gasteiger partial charge on any atom is -0.490 e. The Morgan fingerprint density at radius 1 is 1.27 bits per heavy atom. The Morgan fingerprint density at radius 3 is 2.68 bits per heavy atom. The van der Waals surface area contributed by atoms with Crippen LogP contribution in [0.2, 0.25) is 10.0 Å². The first-order valence-electron chi connectivity index (χ1n) is 6.27. The molecular weight excluding hydrogens is 343 g/mol. The topological polar surface area (TPSA) is 43.6 Å². The van der Waals surface area contributed by atoms with Crippen LogP contribution in [-0.4, -0.2) is 16.5 Å². The van der Waals surface area contributed by atoms with Crippen LogP contribution in [0.15, 0.2) is 34.6 Å². The van der Waals surface area contributed by atoms with Gasteiger partial charge in [0.1, 0.15) is 5.69 Å². The summed E-state index contributed by atoms with van der Waals surface area (Å²) in [6, 6.07) is 5.26. The fraction of sp³-hybridized carbons (Fsp3) is 0.0667. The first-order chi connectivity index (χ1) is 10.6. The van der Waals surface area contributed by atoms with Crippen LogP contribution in [0.3, 0.4) is 0 Å². The molecule has 4 nitrogen and oxygen atoms in total. The molecule has 2 aromatic heterocycles. The second kappa shape index (κ2) is 6.12. The van der Waals surface area contributed by atoms with Gasteiger partial charge in [-0.25, -0.2) is 4.98 Å². The van der Waals surface area contributed by atoms with Crippen LogP contribution in [0, 0.1) is 0 Å². The summed E-state index contributed by atoms with van der Waals surface area (Å²) in [5.41, 5.74) is 0.852. The van der Waals surface area contributed by atoms with Crippen molar-refractivity contribution in [2.45, 2.75) is 0 Å². The molecule has 0 N–H and O–H groups in total. The van der Waals surface area contributed by atoms with Gasteiger partial charge in [0.2, 0.25) is 5.75 Å². The SMILES string of the molecule is COc1c(C=Cc2c(Cl)cccc2Cl)nc2sccn2c1=O. The van der Waals surface area contributed by atoms with Crippen molar-refractivity contribution in [2.24, 2.45) is 0 Å². The average molecular weight is 353 g/mol. The molecule has 3 rings (SSSR count). The maximum Gasteiger partial charge on any atom is 0.301 e. The average Bonchev–Trinajstić information content (AvgIpc) is 2.95. The standard InChI is InChI=1S/C15H10Cl2N2O2S/c1-21-13-12(18-15-19(14(13)20)7-8-22-15)6-5-9-10(16)3-2-4-11(9)17/h2-8H,1H3. The minimum absolute atomic E-state index is 0.176. The van der Waals surface area contributed by atoms with E-state index < -0.39 is 0 Å². The zero-order chi connectivity index (χ0) is 15.7. The van der Waals surface area contributed by atoms with Crippen molar-refractivity contribution in [3.8, 4) is 5.75 Å². The third kappa shape index (κ3) is 2.63. The Kier molecular flexibility index (Phi) is 4.20. The van der Waals surface area contributed by atoms with Crippen LogP contribution in [-0.2, 0) is 0 Å². The van der Waals surface area contributed by atoms with Gasteiger partial charge in [-0.3, -0.25) is 9.20 Å². The fourth-order valence-electron chi connectivity index (χ4n) is 2.02. The molecule has 0 atom stereocenters. The molecule has 22 heavy (non-hydrogen) atoms. The Bertz CT molecular complexity index is 911. The monoisotopic (exact) mass is 352 g/mol. The van der Waals surface area contributed by atoms with Gasteiger partial charge in [0.25, 0.3) is 0 Å². The zero-order valence-corrected chi connectivity index (χ0v) is 13.7. The molecule has 0 saturated carbocycles. The smallest absolute Gasteiger partial charge is 0.301 e. The van der Waals surface area contributed by atoms with E-state index in [-0.39, 0.29) is 11.3 Å². The van der Waals surface area contributed by atoms with Crippen LogP contribution < -0.4 is 10.3 Å². The number of hydrogen-bond acceptors (Lipinski definition) is 4. The van der Waals surface area contributed by atoms with Crippen LogP contribution in [0.4, 0.5) is 0 Å². The molecule has 0 radical (unpaired) electrons. The summed E-state index contributed by atoms with van der Waals surface area (Å²) < 4.78 is 6.64. The van der Waals surface area contributed by atoms with Crippen molar-refractivity contribution >= 4 is 51.7 Å². The van der Waals surface area contributed by atoms with E-state index in [0.29, 0.717) is 26.3 Å². The molecular formula is C15H10Cl2N2O2S. The van der Waals surface area contributed by atoms with Gasteiger partial charge in [-0.1, -0.05) is 29.3 Å². The predicted octanol–water partition coefficient (Wildman–Crippen LogP) is 4.24. The molecule has 7 heteroatoms. The predicted molar refractivity (Wildman–Crippen MR) is 91.3 cm³/mol. The number of methoxy groups -OCH3 is 1. The zero-order valence-electron chi connectivity index (χ0n) is 11.4. The number of ether oxygens (including phenoxy) is 1. The Labute approximate surface area is 140 Å². The number of thiazole rings is 1. The molecule has 0 amide bonds. The molecule has 0 saturated heterocycles. The van der Waals surface area contributed by atoms with E-state index in [2.05, 4.69) is 4.98 Å². The molecule has 0 aliphatic heterocycles. The highest BCUT2D eigenvalue weighted by Gasteiger charge is 2.12. The van der Waals surface area contributed by atoms with Crippen LogP contribution in [0.25, 0.3) is 17.1 Å². The van der Waals surface area contributed by atoms with Crippen molar-refractivity contribution in [1.82, 2.24) is 9.38 Å². The van der Waals surface area contributed by atoms with Crippen molar-refractivity contribution in [2.75, 3.05) is 7.11 Å². The maximum atomic E-state index is 12.3. The Morgan fingerprint density at radius 2 is 2.00 bits per heavy atom. The fourth-order valence-corrected chi connectivity index (χ4v) is 3.25. The molecule has 1 aromatic carbocycles. The third-order valence-electron chi connectivity index (χ3n) is 3.06. The normalized spacial score (nSPS) is 11.4. The van der Waals surface area contributed by atoms with E-state index in [0.717, 1.165) is 0 Å². The van der Waals surface area contributed by atoms with Crippen molar-refractivity contribution in [3.05, 3.63) is 61.4 Å². The molecule has 0 spiro atoms. The summed E-state index contributed by atoms with van der Waals surface area (Å²) in [5.74, 6) is 0.176. The first-order valence-corrected chi connectivity index (χ1v) is 7.91. The Balaban J connectivity index is 2.14. The van der Waals surface area contributed by atoms with E-state index in [1.54, 1.807) is 41.9 Å². The van der Waals surface area contributed by atoms with Gasteiger partial charge in [0.15, 0.2) is 4.96 Å². The molecule has 112 valence electrons. The van der Waals surface area contributed by atoms with Crippen molar-refractivity contribution < 1.29 is 4.74 Å². The number of halogens is 2. The van der Waals surface area contributed by atoms with Gasteiger partial charge >= 0.3 is 5.56 Å². The Hall–Kier alpha value is -1.82. The lowest BCUT2D eigenvalue weighted by molar-refractivity contribution is 0.404. The quantitative estimate of drug-likeness (QED) is 0.707. The molecule has 0 aliphatic rings. The van der Waals surface area contributed by atoms with Gasteiger partial charge < -0.3 is 4.74 Å². The van der Waals surface area contributed by atoms with Crippen LogP contribution >= 0.6 is 34.5 Å². The summed E-state index contributed by atoms with van der Waals surface area (Å²) in [4.78, 5) is 17.3. The minimum atomic E-state index is -0.251. The van der Waals surface area contributed by atoms with E-state index >= 15 is 0 Å². The highest BCUT2D eigenvalue weighted by atomic mass is 35.5. The first kappa shape index (κ1) is 15.1. The van der Waals surface area contributed by atoms with Gasteiger partial charge in [0, 0.05) is 27.2 Å². The second-order valence-corrected chi connectivity index (χ2v) is 6.05. The van der Waals surface area contributed by atoms with E-state index in [1.807, 2.05) is 0 Å². The van der Waals surface area contributed by atoms with Gasteiger partial charge in [-0.05, 0) is 24.3 Å². The number of nitrogens with zero attached hydrogens (tertiary/aromatic N) is 2. The van der Waals surface area contributed by atoms with E-state index in [9.17, 15) is 4.79 Å². The largest absolute Gasteiger partial charge is 0.490 e. The van der Waals surface area contributed by atoms with Crippen molar-refractivity contribution in [1.29, 1.82) is 0 Å². The van der Waals surface area contributed by atoms with Gasteiger partial charge in [-0.15, -0.1) is 11.3 Å². The maximum absolute atomic E-state index is 12.3. The number of rotatable bonds is 3. The highest BCUT2D eigenvalue weighted by molar-refractivity contribution is 7.15. The van der Waals surface area contributed by atoms with Crippen LogP contribution in [0.1, 0.15) is 11.3 Å². The summed E-state index contributed by atoms with van der Waals surface area (Å²) in [6.45, 7) is 0. The lowest BCUT2D eigenvalue weighted by atomic mass is 10.2. The lowest BCUT2D eigenvalue weighted by Gasteiger charge is -2.05. The number of aromatic nitrogens is 2. The van der Waals surface area contributed by atoms with E-state index in [1.165, 1.54) is 22.8 Å². The summed E-state index contributed by atoms with van der Waals surface area (Å²) in [5, 5.41) is 2.84. The highest BCUT2D eigenvalue weighted by Crippen LogP contribution is 2.27. The molecule has 0 unspecified atom stereocenters. The van der Waals surface area contributed by atoms with E-state index in [4.69, 9.17) is 27.9 Å². The molecule has 0 bridgehead atoms. The molecule has 0 fully saturated rings. The summed E-state index contributed by atoms with van der Waals surface area (Å²) in [6.07, 6.45) is 5.06. The molecule has 3 aromatic rings.